The lowest BCUT2D eigenvalue weighted by atomic mass is 10.3. The summed E-state index contributed by atoms with van der Waals surface area (Å²) >= 11 is 0. The van der Waals surface area contributed by atoms with Crippen LogP contribution in [0.5, 0.6) is 28.7 Å². The molecule has 90 valence electrons. The van der Waals surface area contributed by atoms with E-state index in [1.165, 1.54) is 18.2 Å². The topological polar surface area (TPSA) is 101 Å². The van der Waals surface area contributed by atoms with Crippen molar-refractivity contribution in [2.75, 3.05) is 0 Å². The first-order chi connectivity index (χ1) is 7.97. The Hall–Kier alpha value is -2.56. The van der Waals surface area contributed by atoms with Gasteiger partial charge in [-0.05, 0) is 12.1 Å². The van der Waals surface area contributed by atoms with Gasteiger partial charge in [0.2, 0.25) is 0 Å². The molecular weight excluding hydrogens is 224 g/mol. The molecule has 0 aromatic heterocycles. The highest BCUT2D eigenvalue weighted by Gasteiger charge is 1.94. The van der Waals surface area contributed by atoms with Crippen molar-refractivity contribution < 1.29 is 25.5 Å². The average Bonchev–Trinajstić information content (AvgIpc) is 2.15. The summed E-state index contributed by atoms with van der Waals surface area (Å²) in [4.78, 5) is 0. The minimum atomic E-state index is -0.146. The predicted octanol–water partition coefficient (Wildman–Crippen LogP) is 1.90. The fourth-order valence-corrected chi connectivity index (χ4v) is 1.07. The van der Waals surface area contributed by atoms with E-state index in [4.69, 9.17) is 25.5 Å². The highest BCUT2D eigenvalue weighted by molar-refractivity contribution is 5.39. The Labute approximate surface area is 97.5 Å². The quantitative estimate of drug-likeness (QED) is 0.481. The van der Waals surface area contributed by atoms with Crippen molar-refractivity contribution in [3.8, 4) is 28.7 Å². The summed E-state index contributed by atoms with van der Waals surface area (Å²) in [7, 11) is 0. The smallest absolute Gasteiger partial charge is 0.122 e. The molecule has 5 N–H and O–H groups in total. The van der Waals surface area contributed by atoms with E-state index in [-0.39, 0.29) is 28.7 Å². The van der Waals surface area contributed by atoms with E-state index in [9.17, 15) is 0 Å². The van der Waals surface area contributed by atoms with Gasteiger partial charge in [-0.3, -0.25) is 0 Å². The summed E-state index contributed by atoms with van der Waals surface area (Å²) in [6.45, 7) is 0. The normalized spacial score (nSPS) is 9.18. The second-order valence-electron chi connectivity index (χ2n) is 3.23. The number of phenolic OH excluding ortho intramolecular Hbond substituents is 5. The molecule has 0 atom stereocenters. The molecule has 0 spiro atoms. The molecular formula is C12H12O5. The number of aromatic hydroxyl groups is 5. The molecule has 2 aromatic rings. The maximum atomic E-state index is 8.67. The molecule has 0 fully saturated rings. The fourth-order valence-electron chi connectivity index (χ4n) is 1.07. The van der Waals surface area contributed by atoms with Gasteiger partial charge in [0.1, 0.15) is 28.7 Å². The van der Waals surface area contributed by atoms with E-state index < -0.39 is 0 Å². The van der Waals surface area contributed by atoms with E-state index in [2.05, 4.69) is 0 Å². The van der Waals surface area contributed by atoms with Crippen LogP contribution in [0.4, 0.5) is 0 Å². The molecule has 2 rings (SSSR count). The van der Waals surface area contributed by atoms with Crippen molar-refractivity contribution in [3.05, 3.63) is 42.5 Å². The van der Waals surface area contributed by atoms with E-state index in [1.807, 2.05) is 0 Å². The third-order valence-corrected chi connectivity index (χ3v) is 1.72. The zero-order chi connectivity index (χ0) is 12.8. The standard InChI is InChI=1S/C6H6O3.C6H6O2/c7-4-1-5(8)3-6(9)2-4;7-5-2-1-3-6(8)4-5/h1-3,7-9H;1-4,7-8H. The fraction of sp³-hybridized carbons (Fsp3) is 0. The monoisotopic (exact) mass is 236 g/mol. The molecule has 17 heavy (non-hydrogen) atoms. The number of benzene rings is 2. The lowest BCUT2D eigenvalue weighted by Crippen LogP contribution is -1.66. The minimum Gasteiger partial charge on any atom is -0.508 e. The van der Waals surface area contributed by atoms with Crippen LogP contribution in [0.25, 0.3) is 0 Å². The molecule has 0 aliphatic rings. The highest BCUT2D eigenvalue weighted by Crippen LogP contribution is 2.23. The van der Waals surface area contributed by atoms with Crippen LogP contribution in [0.3, 0.4) is 0 Å². The Morgan fingerprint density at radius 3 is 1.00 bits per heavy atom. The Bertz CT molecular complexity index is 428. The second-order valence-corrected chi connectivity index (χ2v) is 3.23. The van der Waals surface area contributed by atoms with Crippen LogP contribution in [0.1, 0.15) is 0 Å². The van der Waals surface area contributed by atoms with Crippen LogP contribution in [-0.2, 0) is 0 Å². The van der Waals surface area contributed by atoms with Gasteiger partial charge in [0, 0.05) is 24.3 Å². The first kappa shape index (κ1) is 12.5. The highest BCUT2D eigenvalue weighted by atomic mass is 16.3. The van der Waals surface area contributed by atoms with Crippen LogP contribution in [-0.4, -0.2) is 25.5 Å². The maximum absolute atomic E-state index is 8.67. The van der Waals surface area contributed by atoms with Crippen LogP contribution >= 0.6 is 0 Å². The molecule has 2 aromatic carbocycles. The lowest BCUT2D eigenvalue weighted by molar-refractivity contribution is 0.428. The number of phenols is 5. The number of hydrogen-bond donors (Lipinski definition) is 5. The van der Waals surface area contributed by atoms with Gasteiger partial charge >= 0.3 is 0 Å². The van der Waals surface area contributed by atoms with Crippen molar-refractivity contribution in [2.45, 2.75) is 0 Å². The van der Waals surface area contributed by atoms with Crippen molar-refractivity contribution in [2.24, 2.45) is 0 Å². The third-order valence-electron chi connectivity index (χ3n) is 1.72. The summed E-state index contributed by atoms with van der Waals surface area (Å²) in [5.74, 6) is -0.262. The molecule has 0 aliphatic heterocycles. The Morgan fingerprint density at radius 2 is 0.765 bits per heavy atom. The molecule has 5 nitrogen and oxygen atoms in total. The summed E-state index contributed by atoms with van der Waals surface area (Å²) in [6.07, 6.45) is 0. The molecule has 0 amide bonds. The van der Waals surface area contributed by atoms with Crippen molar-refractivity contribution in [1.82, 2.24) is 0 Å². The zero-order valence-corrected chi connectivity index (χ0v) is 8.78. The minimum absolute atomic E-state index is 0.0880. The van der Waals surface area contributed by atoms with Gasteiger partial charge in [-0.25, -0.2) is 0 Å². The van der Waals surface area contributed by atoms with E-state index in [1.54, 1.807) is 6.07 Å². The number of rotatable bonds is 0. The lowest BCUT2D eigenvalue weighted by Gasteiger charge is -1.94. The van der Waals surface area contributed by atoms with Gasteiger partial charge in [0.05, 0.1) is 0 Å². The van der Waals surface area contributed by atoms with Gasteiger partial charge in [-0.2, -0.15) is 0 Å². The van der Waals surface area contributed by atoms with Gasteiger partial charge in [-0.15, -0.1) is 0 Å². The van der Waals surface area contributed by atoms with Gasteiger partial charge in [-0.1, -0.05) is 6.07 Å². The van der Waals surface area contributed by atoms with Crippen molar-refractivity contribution in [3.63, 3.8) is 0 Å². The Kier molecular flexibility index (Phi) is 4.05. The summed E-state index contributed by atoms with van der Waals surface area (Å²) < 4.78 is 0. The average molecular weight is 236 g/mol. The van der Waals surface area contributed by atoms with Gasteiger partial charge in [0.25, 0.3) is 0 Å². The van der Waals surface area contributed by atoms with E-state index >= 15 is 0 Å². The van der Waals surface area contributed by atoms with Gasteiger partial charge in [0.15, 0.2) is 0 Å². The Balaban J connectivity index is 0.000000171. The van der Waals surface area contributed by atoms with Crippen molar-refractivity contribution >= 4 is 0 Å². The first-order valence-corrected chi connectivity index (χ1v) is 4.67. The Morgan fingerprint density at radius 1 is 0.471 bits per heavy atom. The summed E-state index contributed by atoms with van der Waals surface area (Å²) in [5, 5.41) is 43.3. The molecule has 0 aliphatic carbocycles. The van der Waals surface area contributed by atoms with E-state index in [0.717, 1.165) is 18.2 Å². The molecule has 0 heterocycles. The van der Waals surface area contributed by atoms with Crippen LogP contribution in [0.15, 0.2) is 42.5 Å². The largest absolute Gasteiger partial charge is 0.508 e. The molecule has 5 heteroatoms. The van der Waals surface area contributed by atoms with Gasteiger partial charge < -0.3 is 25.5 Å². The molecule has 0 radical (unpaired) electrons. The molecule has 0 bridgehead atoms. The molecule has 0 saturated heterocycles. The molecule has 0 saturated carbocycles. The van der Waals surface area contributed by atoms with Crippen LogP contribution in [0.2, 0.25) is 0 Å². The van der Waals surface area contributed by atoms with Crippen LogP contribution in [0, 0.1) is 0 Å². The van der Waals surface area contributed by atoms with E-state index in [0.29, 0.717) is 0 Å². The maximum Gasteiger partial charge on any atom is 0.122 e. The first-order valence-electron chi connectivity index (χ1n) is 4.67. The third kappa shape index (κ3) is 4.65. The van der Waals surface area contributed by atoms with Crippen molar-refractivity contribution in [1.29, 1.82) is 0 Å². The summed E-state index contributed by atoms with van der Waals surface area (Å²) in [6, 6.07) is 9.27. The SMILES string of the molecule is Oc1cc(O)cc(O)c1.Oc1cccc(O)c1. The zero-order valence-electron chi connectivity index (χ0n) is 8.78. The number of hydrogen-bond acceptors (Lipinski definition) is 5. The predicted molar refractivity (Wildman–Crippen MR) is 61.2 cm³/mol. The van der Waals surface area contributed by atoms with Crippen LogP contribution < -0.4 is 0 Å². The summed E-state index contributed by atoms with van der Waals surface area (Å²) in [5.41, 5.74) is 0. The second kappa shape index (κ2) is 5.50. The molecule has 0 unspecified atom stereocenters.